The molecule has 1 heterocycles. The fourth-order valence-electron chi connectivity index (χ4n) is 2.95. The molecule has 0 bridgehead atoms. The molecule has 0 saturated carbocycles. The van der Waals surface area contributed by atoms with Crippen LogP contribution in [0, 0.1) is 20.8 Å². The molecule has 0 aromatic heterocycles. The van der Waals surface area contributed by atoms with Crippen molar-refractivity contribution in [1.29, 1.82) is 0 Å². The highest BCUT2D eigenvalue weighted by Crippen LogP contribution is 2.26. The van der Waals surface area contributed by atoms with Gasteiger partial charge in [-0.3, -0.25) is 0 Å². The van der Waals surface area contributed by atoms with Crippen LogP contribution in [-0.4, -0.2) is 41.3 Å². The number of hydrogen-bond donors (Lipinski definition) is 3. The number of benzene rings is 1. The molecule has 1 aliphatic rings. The van der Waals surface area contributed by atoms with Crippen LogP contribution >= 0.6 is 11.8 Å². The third-order valence-electron chi connectivity index (χ3n) is 4.16. The maximum Gasteiger partial charge on any atom is 0.314 e. The van der Waals surface area contributed by atoms with Crippen molar-refractivity contribution in [2.24, 2.45) is 0 Å². The van der Waals surface area contributed by atoms with E-state index in [4.69, 9.17) is 0 Å². The van der Waals surface area contributed by atoms with Crippen molar-refractivity contribution in [3.63, 3.8) is 0 Å². The number of aliphatic hydroxyl groups is 1. The molecular weight excluding hydrogens is 296 g/mol. The zero-order valence-electron chi connectivity index (χ0n) is 13.7. The van der Waals surface area contributed by atoms with Gasteiger partial charge in [0.1, 0.15) is 0 Å². The van der Waals surface area contributed by atoms with Gasteiger partial charge in [-0.25, -0.2) is 4.79 Å². The minimum absolute atomic E-state index is 0.201. The summed E-state index contributed by atoms with van der Waals surface area (Å²) < 4.78 is 0. The molecule has 22 heavy (non-hydrogen) atoms. The minimum atomic E-state index is -0.730. The predicted octanol–water partition coefficient (Wildman–Crippen LogP) is 2.32. The van der Waals surface area contributed by atoms with Crippen LogP contribution in [0.5, 0.6) is 0 Å². The van der Waals surface area contributed by atoms with Gasteiger partial charge < -0.3 is 15.7 Å². The maximum absolute atomic E-state index is 11.8. The van der Waals surface area contributed by atoms with Crippen molar-refractivity contribution in [3.05, 3.63) is 34.4 Å². The highest BCUT2D eigenvalue weighted by molar-refractivity contribution is 7.99. The lowest BCUT2D eigenvalue weighted by Gasteiger charge is -2.21. The molecular formula is C17H26N2O2S. The number of carbonyl (C=O) groups is 1. The fraction of sp³-hybridized carbons (Fsp3) is 0.588. The highest BCUT2D eigenvalue weighted by atomic mass is 32.2. The van der Waals surface area contributed by atoms with Gasteiger partial charge in [0.2, 0.25) is 0 Å². The SMILES string of the molecule is Cc1cc(C)c(CCNC(=O)NCC2(O)CCSC2)c(C)c1. The Bertz CT molecular complexity index is 516. The molecule has 0 aliphatic carbocycles. The molecule has 0 spiro atoms. The van der Waals surface area contributed by atoms with Gasteiger partial charge in [0.25, 0.3) is 0 Å². The molecule has 5 heteroatoms. The quantitative estimate of drug-likeness (QED) is 0.780. The number of carbonyl (C=O) groups excluding carboxylic acids is 1. The molecule has 1 aromatic carbocycles. The van der Waals surface area contributed by atoms with Crippen molar-refractivity contribution < 1.29 is 9.90 Å². The summed E-state index contributed by atoms with van der Waals surface area (Å²) >= 11 is 1.73. The average Bonchev–Trinajstić information content (AvgIpc) is 2.87. The lowest BCUT2D eigenvalue weighted by molar-refractivity contribution is 0.0700. The van der Waals surface area contributed by atoms with Crippen LogP contribution in [0.1, 0.15) is 28.7 Å². The number of aryl methyl sites for hydroxylation is 3. The Kier molecular flexibility index (Phi) is 5.75. The van der Waals surface area contributed by atoms with Crippen LogP contribution in [-0.2, 0) is 6.42 Å². The molecule has 1 aliphatic heterocycles. The number of nitrogens with one attached hydrogen (secondary N) is 2. The first kappa shape index (κ1) is 17.2. The van der Waals surface area contributed by atoms with Crippen molar-refractivity contribution in [2.75, 3.05) is 24.6 Å². The van der Waals surface area contributed by atoms with Gasteiger partial charge in [-0.05, 0) is 56.1 Å². The third-order valence-corrected chi connectivity index (χ3v) is 5.40. The van der Waals surface area contributed by atoms with Crippen molar-refractivity contribution in [3.8, 4) is 0 Å². The number of hydrogen-bond acceptors (Lipinski definition) is 3. The smallest absolute Gasteiger partial charge is 0.314 e. The standard InChI is InChI=1S/C17H26N2O2S/c1-12-8-13(2)15(14(3)9-12)4-6-18-16(20)19-10-17(21)5-7-22-11-17/h8-9,21H,4-7,10-11H2,1-3H3,(H2,18,19,20). The summed E-state index contributed by atoms with van der Waals surface area (Å²) in [5, 5.41) is 15.8. The molecule has 1 unspecified atom stereocenters. The van der Waals surface area contributed by atoms with Crippen molar-refractivity contribution >= 4 is 17.8 Å². The van der Waals surface area contributed by atoms with E-state index < -0.39 is 5.60 Å². The molecule has 4 nitrogen and oxygen atoms in total. The van der Waals surface area contributed by atoms with Gasteiger partial charge in [-0.1, -0.05) is 17.7 Å². The molecule has 0 radical (unpaired) electrons. The third kappa shape index (κ3) is 4.65. The van der Waals surface area contributed by atoms with Crippen molar-refractivity contribution in [1.82, 2.24) is 10.6 Å². The molecule has 1 saturated heterocycles. The van der Waals surface area contributed by atoms with E-state index in [2.05, 4.69) is 43.5 Å². The van der Waals surface area contributed by atoms with E-state index in [-0.39, 0.29) is 6.03 Å². The molecule has 1 aromatic rings. The summed E-state index contributed by atoms with van der Waals surface area (Å²) in [6, 6.07) is 4.15. The molecule has 2 amide bonds. The van der Waals surface area contributed by atoms with Crippen LogP contribution in [0.3, 0.4) is 0 Å². The Morgan fingerprint density at radius 1 is 1.27 bits per heavy atom. The van der Waals surface area contributed by atoms with E-state index in [9.17, 15) is 9.90 Å². The first-order valence-electron chi connectivity index (χ1n) is 7.78. The molecule has 122 valence electrons. The summed E-state index contributed by atoms with van der Waals surface area (Å²) in [5.41, 5.74) is 4.39. The van der Waals surface area contributed by atoms with E-state index in [1.54, 1.807) is 11.8 Å². The summed E-state index contributed by atoms with van der Waals surface area (Å²) in [4.78, 5) is 11.8. The number of urea groups is 1. The molecule has 1 atom stereocenters. The minimum Gasteiger partial charge on any atom is -0.387 e. The van der Waals surface area contributed by atoms with E-state index >= 15 is 0 Å². The molecule has 1 fully saturated rings. The second kappa shape index (κ2) is 7.38. The van der Waals surface area contributed by atoms with Crippen molar-refractivity contribution in [2.45, 2.75) is 39.2 Å². The number of thioether (sulfide) groups is 1. The number of rotatable bonds is 5. The highest BCUT2D eigenvalue weighted by Gasteiger charge is 2.31. The zero-order chi connectivity index (χ0) is 16.2. The Labute approximate surface area is 137 Å². The summed E-state index contributed by atoms with van der Waals surface area (Å²) in [5.74, 6) is 1.67. The van der Waals surface area contributed by atoms with Gasteiger partial charge in [0.05, 0.1) is 5.60 Å². The Hall–Kier alpha value is -1.20. The predicted molar refractivity (Wildman–Crippen MR) is 92.7 cm³/mol. The lowest BCUT2D eigenvalue weighted by Crippen LogP contribution is -2.46. The van der Waals surface area contributed by atoms with Crippen LogP contribution in [0.2, 0.25) is 0 Å². The monoisotopic (exact) mass is 322 g/mol. The van der Waals surface area contributed by atoms with Crippen LogP contribution in [0.25, 0.3) is 0 Å². The topological polar surface area (TPSA) is 61.4 Å². The first-order valence-corrected chi connectivity index (χ1v) is 8.94. The van der Waals surface area contributed by atoms with E-state index in [0.717, 1.165) is 18.6 Å². The lowest BCUT2D eigenvalue weighted by atomic mass is 9.97. The second-order valence-electron chi connectivity index (χ2n) is 6.26. The zero-order valence-corrected chi connectivity index (χ0v) is 14.5. The number of amides is 2. The van der Waals surface area contributed by atoms with Gasteiger partial charge in [-0.15, -0.1) is 0 Å². The summed E-state index contributed by atoms with van der Waals surface area (Å²) in [6.07, 6.45) is 1.57. The van der Waals surface area contributed by atoms with Gasteiger partial charge in [0, 0.05) is 18.8 Å². The van der Waals surface area contributed by atoms with Crippen LogP contribution < -0.4 is 10.6 Å². The Morgan fingerprint density at radius 2 is 1.95 bits per heavy atom. The Morgan fingerprint density at radius 3 is 2.55 bits per heavy atom. The largest absolute Gasteiger partial charge is 0.387 e. The van der Waals surface area contributed by atoms with Crippen LogP contribution in [0.4, 0.5) is 4.79 Å². The summed E-state index contributed by atoms with van der Waals surface area (Å²) in [6.45, 7) is 7.26. The van der Waals surface area contributed by atoms with Gasteiger partial charge >= 0.3 is 6.03 Å². The summed E-state index contributed by atoms with van der Waals surface area (Å²) in [7, 11) is 0. The van der Waals surface area contributed by atoms with E-state index in [0.29, 0.717) is 18.8 Å². The van der Waals surface area contributed by atoms with Crippen LogP contribution in [0.15, 0.2) is 12.1 Å². The normalized spacial score (nSPS) is 20.9. The van der Waals surface area contributed by atoms with E-state index in [1.807, 2.05) is 0 Å². The average molecular weight is 322 g/mol. The van der Waals surface area contributed by atoms with Gasteiger partial charge in [0.15, 0.2) is 0 Å². The maximum atomic E-state index is 11.8. The van der Waals surface area contributed by atoms with Gasteiger partial charge in [-0.2, -0.15) is 11.8 Å². The second-order valence-corrected chi connectivity index (χ2v) is 7.37. The van der Waals surface area contributed by atoms with E-state index in [1.165, 1.54) is 22.3 Å². The Balaban J connectivity index is 1.75. The first-order chi connectivity index (χ1) is 10.4. The molecule has 2 rings (SSSR count). The fourth-order valence-corrected chi connectivity index (χ4v) is 4.24. The molecule has 3 N–H and O–H groups in total.